The summed E-state index contributed by atoms with van der Waals surface area (Å²) in [5.41, 5.74) is 1.07. The number of morpholine rings is 1. The van der Waals surface area contributed by atoms with Gasteiger partial charge < -0.3 is 25.0 Å². The van der Waals surface area contributed by atoms with Crippen LogP contribution in [-0.4, -0.2) is 56.9 Å². The van der Waals surface area contributed by atoms with Gasteiger partial charge in [0.15, 0.2) is 0 Å². The third kappa shape index (κ3) is 4.14. The third-order valence-electron chi connectivity index (χ3n) is 4.47. The topological polar surface area (TPSA) is 62.8 Å². The second-order valence-electron chi connectivity index (χ2n) is 6.07. The van der Waals surface area contributed by atoms with Gasteiger partial charge in [-0.05, 0) is 37.1 Å². The van der Waals surface area contributed by atoms with Crippen LogP contribution in [0, 0.1) is 0 Å². The Balaban J connectivity index is 1.57. The average Bonchev–Trinajstić information content (AvgIpc) is 2.63. The van der Waals surface area contributed by atoms with E-state index in [2.05, 4.69) is 10.6 Å². The predicted molar refractivity (Wildman–Crippen MR) is 87.7 cm³/mol. The summed E-state index contributed by atoms with van der Waals surface area (Å²) in [6, 6.07) is 8.09. The minimum absolute atomic E-state index is 0.0144. The van der Waals surface area contributed by atoms with Gasteiger partial charge in [0.05, 0.1) is 20.3 Å². The lowest BCUT2D eigenvalue weighted by atomic mass is 10.1. The van der Waals surface area contributed by atoms with Crippen molar-refractivity contribution in [3.8, 4) is 5.75 Å². The van der Waals surface area contributed by atoms with E-state index in [4.69, 9.17) is 9.47 Å². The van der Waals surface area contributed by atoms with E-state index in [9.17, 15) is 4.79 Å². The van der Waals surface area contributed by atoms with Crippen molar-refractivity contribution in [2.75, 3.05) is 39.9 Å². The zero-order valence-corrected chi connectivity index (χ0v) is 13.6. The Morgan fingerprint density at radius 1 is 1.39 bits per heavy atom. The fourth-order valence-corrected chi connectivity index (χ4v) is 3.09. The van der Waals surface area contributed by atoms with Crippen LogP contribution < -0.4 is 15.4 Å². The van der Waals surface area contributed by atoms with E-state index >= 15 is 0 Å². The molecule has 2 aliphatic rings. The van der Waals surface area contributed by atoms with Crippen LogP contribution in [0.15, 0.2) is 24.3 Å². The number of hydrogen-bond acceptors (Lipinski definition) is 4. The van der Waals surface area contributed by atoms with Crippen LogP contribution in [0.1, 0.15) is 24.5 Å². The van der Waals surface area contributed by atoms with Crippen molar-refractivity contribution in [2.45, 2.75) is 25.0 Å². The highest BCUT2D eigenvalue weighted by molar-refractivity contribution is 5.74. The molecule has 0 aliphatic carbocycles. The SMILES string of the molecule is COc1ccc(C2CN(C(=O)N[C@H]3CCCNC3)CCO2)cc1. The number of benzene rings is 1. The monoisotopic (exact) mass is 319 g/mol. The Morgan fingerprint density at radius 2 is 2.22 bits per heavy atom. The van der Waals surface area contributed by atoms with Crippen LogP contribution in [0.5, 0.6) is 5.75 Å². The van der Waals surface area contributed by atoms with Gasteiger partial charge in [-0.15, -0.1) is 0 Å². The van der Waals surface area contributed by atoms with E-state index in [-0.39, 0.29) is 18.2 Å². The fourth-order valence-electron chi connectivity index (χ4n) is 3.09. The highest BCUT2D eigenvalue weighted by Gasteiger charge is 2.27. The molecule has 2 N–H and O–H groups in total. The first kappa shape index (κ1) is 16.1. The van der Waals surface area contributed by atoms with Gasteiger partial charge in [0, 0.05) is 19.1 Å². The summed E-state index contributed by atoms with van der Waals surface area (Å²) >= 11 is 0. The second kappa shape index (κ2) is 7.66. The molecule has 2 atom stereocenters. The van der Waals surface area contributed by atoms with Crippen molar-refractivity contribution >= 4 is 6.03 Å². The minimum atomic E-state index is -0.0788. The molecule has 1 unspecified atom stereocenters. The van der Waals surface area contributed by atoms with Gasteiger partial charge in [0.2, 0.25) is 0 Å². The van der Waals surface area contributed by atoms with Crippen molar-refractivity contribution in [3.05, 3.63) is 29.8 Å². The number of ether oxygens (including phenoxy) is 2. The molecule has 0 bridgehead atoms. The van der Waals surface area contributed by atoms with Gasteiger partial charge in [0.1, 0.15) is 11.9 Å². The highest BCUT2D eigenvalue weighted by atomic mass is 16.5. The molecule has 2 fully saturated rings. The van der Waals surface area contributed by atoms with Crippen LogP contribution in [0.4, 0.5) is 4.79 Å². The second-order valence-corrected chi connectivity index (χ2v) is 6.07. The summed E-state index contributed by atoms with van der Waals surface area (Å²) in [4.78, 5) is 14.3. The number of rotatable bonds is 3. The lowest BCUT2D eigenvalue weighted by Crippen LogP contribution is -2.53. The predicted octanol–water partition coefficient (Wildman–Crippen LogP) is 1.53. The van der Waals surface area contributed by atoms with Crippen molar-refractivity contribution in [1.29, 1.82) is 0 Å². The van der Waals surface area contributed by atoms with Gasteiger partial charge in [0.25, 0.3) is 0 Å². The van der Waals surface area contributed by atoms with E-state index in [0.717, 1.165) is 37.2 Å². The normalized spacial score (nSPS) is 25.0. The van der Waals surface area contributed by atoms with Crippen LogP contribution in [-0.2, 0) is 4.74 Å². The Bertz CT molecular complexity index is 514. The van der Waals surface area contributed by atoms with E-state index in [1.54, 1.807) is 7.11 Å². The molecule has 6 heteroatoms. The summed E-state index contributed by atoms with van der Waals surface area (Å²) in [6.45, 7) is 3.69. The molecule has 0 saturated carbocycles. The number of piperidine rings is 1. The quantitative estimate of drug-likeness (QED) is 0.887. The fraction of sp³-hybridized carbons (Fsp3) is 0.588. The summed E-state index contributed by atoms with van der Waals surface area (Å²) in [7, 11) is 1.65. The molecule has 3 rings (SSSR count). The van der Waals surface area contributed by atoms with E-state index in [1.165, 1.54) is 0 Å². The number of nitrogens with zero attached hydrogens (tertiary/aromatic N) is 1. The third-order valence-corrected chi connectivity index (χ3v) is 4.47. The molecule has 1 aromatic rings. The largest absolute Gasteiger partial charge is 0.497 e. The summed E-state index contributed by atoms with van der Waals surface area (Å²) in [5, 5.41) is 6.45. The first-order chi connectivity index (χ1) is 11.3. The number of urea groups is 1. The highest BCUT2D eigenvalue weighted by Crippen LogP contribution is 2.24. The maximum atomic E-state index is 12.5. The average molecular weight is 319 g/mol. The Hall–Kier alpha value is -1.79. The van der Waals surface area contributed by atoms with E-state index < -0.39 is 0 Å². The summed E-state index contributed by atoms with van der Waals surface area (Å²) in [5.74, 6) is 0.823. The lowest BCUT2D eigenvalue weighted by molar-refractivity contribution is -0.0158. The first-order valence-electron chi connectivity index (χ1n) is 8.28. The van der Waals surface area contributed by atoms with Crippen LogP contribution in [0.2, 0.25) is 0 Å². The molecule has 23 heavy (non-hydrogen) atoms. The number of amides is 2. The van der Waals surface area contributed by atoms with Gasteiger partial charge in [-0.2, -0.15) is 0 Å². The molecular formula is C17H25N3O3. The number of carbonyl (C=O) groups is 1. The zero-order valence-electron chi connectivity index (χ0n) is 13.6. The van der Waals surface area contributed by atoms with Crippen molar-refractivity contribution in [2.24, 2.45) is 0 Å². The minimum Gasteiger partial charge on any atom is -0.497 e. The van der Waals surface area contributed by atoms with Crippen LogP contribution in [0.25, 0.3) is 0 Å². The maximum absolute atomic E-state index is 12.5. The Morgan fingerprint density at radius 3 is 2.91 bits per heavy atom. The van der Waals surface area contributed by atoms with Gasteiger partial charge in [-0.25, -0.2) is 4.79 Å². The van der Waals surface area contributed by atoms with Crippen LogP contribution >= 0.6 is 0 Å². The molecule has 2 heterocycles. The van der Waals surface area contributed by atoms with Crippen LogP contribution in [0.3, 0.4) is 0 Å². The van der Waals surface area contributed by atoms with Crippen molar-refractivity contribution in [3.63, 3.8) is 0 Å². The molecule has 0 aromatic heterocycles. The molecule has 126 valence electrons. The first-order valence-corrected chi connectivity index (χ1v) is 8.28. The molecule has 6 nitrogen and oxygen atoms in total. The van der Waals surface area contributed by atoms with Gasteiger partial charge in [-0.1, -0.05) is 12.1 Å². The molecular weight excluding hydrogens is 294 g/mol. The van der Waals surface area contributed by atoms with E-state index in [1.807, 2.05) is 29.2 Å². The lowest BCUT2D eigenvalue weighted by Gasteiger charge is -2.35. The molecule has 2 saturated heterocycles. The maximum Gasteiger partial charge on any atom is 0.317 e. The Kier molecular flexibility index (Phi) is 5.35. The molecule has 2 aliphatic heterocycles. The zero-order chi connectivity index (χ0) is 16.1. The summed E-state index contributed by atoms with van der Waals surface area (Å²) in [6.07, 6.45) is 2.08. The number of carbonyl (C=O) groups excluding carboxylic acids is 1. The van der Waals surface area contributed by atoms with E-state index in [0.29, 0.717) is 19.7 Å². The smallest absolute Gasteiger partial charge is 0.317 e. The van der Waals surface area contributed by atoms with Gasteiger partial charge >= 0.3 is 6.03 Å². The number of nitrogens with one attached hydrogen (secondary N) is 2. The molecule has 0 radical (unpaired) electrons. The standard InChI is InChI=1S/C17H25N3O3/c1-22-15-6-4-13(5-7-15)16-12-20(9-10-23-16)17(21)19-14-3-2-8-18-11-14/h4-7,14,16,18H,2-3,8-12H2,1H3,(H,19,21)/t14-,16?/m0/s1. The van der Waals surface area contributed by atoms with Crippen molar-refractivity contribution in [1.82, 2.24) is 15.5 Å². The Labute approximate surface area is 137 Å². The summed E-state index contributed by atoms with van der Waals surface area (Å²) < 4.78 is 11.0. The molecule has 2 amide bonds. The van der Waals surface area contributed by atoms with Gasteiger partial charge in [-0.3, -0.25) is 0 Å². The molecule has 0 spiro atoms. The number of hydrogen-bond donors (Lipinski definition) is 2. The van der Waals surface area contributed by atoms with Crippen molar-refractivity contribution < 1.29 is 14.3 Å². The number of methoxy groups -OCH3 is 1. The molecule has 1 aromatic carbocycles.